The number of nitrogens with one attached hydrogen (secondary N) is 1. The zero-order valence-corrected chi connectivity index (χ0v) is 60.0. The Balaban J connectivity index is 0.000000618. The smallest absolute Gasteiger partial charge is 0.410 e. The summed E-state index contributed by atoms with van der Waals surface area (Å²) in [4.78, 5) is 77.9. The Morgan fingerprint density at radius 3 is 1.19 bits per heavy atom. The maximum Gasteiger partial charge on any atom is 0.410 e. The van der Waals surface area contributed by atoms with Crippen molar-refractivity contribution in [2.45, 2.75) is 132 Å². The van der Waals surface area contributed by atoms with Gasteiger partial charge in [0.05, 0.1) is 66.3 Å². The second-order valence-corrected chi connectivity index (χ2v) is 27.7. The lowest BCUT2D eigenvalue weighted by atomic mass is 9.93. The topological polar surface area (TPSA) is 223 Å². The molecule has 0 aliphatic heterocycles. The normalized spacial score (nSPS) is 12.3. The van der Waals surface area contributed by atoms with Gasteiger partial charge in [0.2, 0.25) is 0 Å². The molecule has 0 heterocycles. The highest BCUT2D eigenvalue weighted by Gasteiger charge is 2.31. The van der Waals surface area contributed by atoms with E-state index >= 15 is 0 Å². The fourth-order valence-electron chi connectivity index (χ4n) is 8.37. The number of Topliss-reactive ketones (excluding diaryl/α,β-unsaturated/α-hetero) is 4. The molecule has 90 heavy (non-hydrogen) atoms. The van der Waals surface area contributed by atoms with Crippen LogP contribution in [0.4, 0.5) is 9.59 Å². The number of ether oxygens (including phenoxy) is 2. The van der Waals surface area contributed by atoms with Crippen LogP contribution >= 0.6 is 92.8 Å². The molecular weight excluding hydrogens is 1350 g/mol. The number of carbonyl (C=O) groups is 6. The minimum Gasteiger partial charge on any atom is -0.444 e. The van der Waals surface area contributed by atoms with Gasteiger partial charge < -0.3 is 34.8 Å². The molecule has 3 N–H and O–H groups in total. The lowest BCUT2D eigenvalue weighted by molar-refractivity contribution is 0.0180. The molecule has 25 heteroatoms. The van der Waals surface area contributed by atoms with E-state index in [1.165, 1.54) is 15.9 Å². The molecule has 4 rings (SSSR count). The number of amides is 2. The third kappa shape index (κ3) is 32.7. The average Bonchev–Trinajstić information content (AvgIpc) is 1.88. The summed E-state index contributed by atoms with van der Waals surface area (Å²) in [5.74, 6) is -1.35. The molecule has 3 unspecified atom stereocenters. The zero-order chi connectivity index (χ0) is 68.7. The van der Waals surface area contributed by atoms with E-state index in [1.54, 1.807) is 108 Å². The van der Waals surface area contributed by atoms with Gasteiger partial charge in [-0.15, -0.1) is 0 Å². The number of halogens is 8. The number of benzene rings is 4. The van der Waals surface area contributed by atoms with Crippen LogP contribution in [0.25, 0.3) is 0 Å². The highest BCUT2D eigenvalue weighted by atomic mass is 35.5. The second-order valence-electron chi connectivity index (χ2n) is 22.8. The van der Waals surface area contributed by atoms with E-state index in [2.05, 4.69) is 11.9 Å². The molecule has 502 valence electrons. The Hall–Kier alpha value is -4.05. The highest BCUT2D eigenvalue weighted by Crippen LogP contribution is 2.30. The fourth-order valence-corrected chi connectivity index (χ4v) is 9.94. The molecule has 0 radical (unpaired) electrons. The van der Waals surface area contributed by atoms with E-state index in [9.17, 15) is 42.3 Å². The molecule has 0 fully saturated rings. The standard InChI is InChI=1S/C20H29Cl2NO6S.C19H27Cl2NO4.C14H19Cl2NO2.C12H12Cl2O/c1-6-7-15(18(24)14-8-9-16(21)17(22)12-14)13-23(10-11-28-30(5,26)27)19(25)29-20(2,3)4;1-5-6-14(17(24)13-7-8-15(20)16(21)11-13)12-22(9-10-23)18(25)26-19(2,3)4;1-2-3-11(9-17-6-7-18)14(19)10-4-5-12(15)13(16)8-10;1-3-4-8(2)12(15)9-5-6-10(13)11(14)7-9/h8-9,12,15H,6-7,10-11,13H2,1-5H3;7-8,11,14,23H,5-6,9-10,12H2,1-4H3;4-5,8,11,17-18H,2-3,6-7,9H2,1H3;5-7H,2-4H2,1H3. The minimum absolute atomic E-state index is 0.0448. The van der Waals surface area contributed by atoms with Gasteiger partial charge in [-0.1, -0.05) is 153 Å². The van der Waals surface area contributed by atoms with Gasteiger partial charge >= 0.3 is 12.2 Å². The van der Waals surface area contributed by atoms with Crippen LogP contribution in [0.3, 0.4) is 0 Å². The molecule has 3 atom stereocenters. The molecule has 0 aromatic heterocycles. The molecule has 0 spiro atoms. The van der Waals surface area contributed by atoms with E-state index in [1.807, 2.05) is 27.7 Å². The Morgan fingerprint density at radius 1 is 0.522 bits per heavy atom. The summed E-state index contributed by atoms with van der Waals surface area (Å²) in [6, 6.07) is 19.2. The van der Waals surface area contributed by atoms with Gasteiger partial charge in [0.15, 0.2) is 23.1 Å². The number of allylic oxidation sites excluding steroid dienone is 1. The molecule has 0 saturated carbocycles. The number of nitrogens with zero attached hydrogens (tertiary/aromatic N) is 2. The first kappa shape index (κ1) is 84.0. The largest absolute Gasteiger partial charge is 0.444 e. The molecule has 2 amide bonds. The van der Waals surface area contributed by atoms with Gasteiger partial charge in [-0.05, 0) is 146 Å². The van der Waals surface area contributed by atoms with E-state index in [-0.39, 0.29) is 80.1 Å². The van der Waals surface area contributed by atoms with Crippen molar-refractivity contribution in [3.8, 4) is 0 Å². The van der Waals surface area contributed by atoms with Crippen molar-refractivity contribution in [1.82, 2.24) is 15.1 Å². The summed E-state index contributed by atoms with van der Waals surface area (Å²) in [7, 11) is -3.66. The molecule has 0 aliphatic rings. The molecule has 16 nitrogen and oxygen atoms in total. The summed E-state index contributed by atoms with van der Waals surface area (Å²) >= 11 is 47.3. The molecular formula is C65H87Cl8N3O13S. The predicted molar refractivity (Wildman–Crippen MR) is 366 cm³/mol. The van der Waals surface area contributed by atoms with Crippen LogP contribution < -0.4 is 5.32 Å². The highest BCUT2D eigenvalue weighted by molar-refractivity contribution is 7.86. The van der Waals surface area contributed by atoms with Crippen LogP contribution in [0.1, 0.15) is 162 Å². The van der Waals surface area contributed by atoms with Crippen LogP contribution in [0.5, 0.6) is 0 Å². The minimum atomic E-state index is -3.66. The summed E-state index contributed by atoms with van der Waals surface area (Å²) < 4.78 is 38.1. The van der Waals surface area contributed by atoms with Crippen molar-refractivity contribution in [2.75, 3.05) is 65.3 Å². The molecule has 4 aromatic carbocycles. The van der Waals surface area contributed by atoms with Crippen molar-refractivity contribution in [3.05, 3.63) is 147 Å². The number of ketones is 4. The second kappa shape index (κ2) is 42.3. The lowest BCUT2D eigenvalue weighted by Gasteiger charge is -2.30. The number of carbonyl (C=O) groups excluding carboxylic acids is 6. The van der Waals surface area contributed by atoms with Crippen molar-refractivity contribution < 1.29 is 61.1 Å². The SMILES string of the molecule is C=C(CCC)C(=O)c1ccc(Cl)c(Cl)c1.CCCC(CN(CCO)C(=O)OC(C)(C)C)C(=O)c1ccc(Cl)c(Cl)c1.CCCC(CN(CCOS(C)(=O)=O)C(=O)OC(C)(C)C)C(=O)c1ccc(Cl)c(Cl)c1.CCCC(CNCCO)C(=O)c1ccc(Cl)c(Cl)c1. The first-order valence-electron chi connectivity index (χ1n) is 29.4. The van der Waals surface area contributed by atoms with Crippen LogP contribution in [-0.4, -0.2) is 140 Å². The Morgan fingerprint density at radius 2 is 0.867 bits per heavy atom. The predicted octanol–water partition coefficient (Wildman–Crippen LogP) is 17.3. The Labute approximate surface area is 572 Å². The summed E-state index contributed by atoms with van der Waals surface area (Å²) in [6.07, 6.45) is 5.69. The van der Waals surface area contributed by atoms with E-state index < -0.39 is 45.3 Å². The van der Waals surface area contributed by atoms with Crippen LogP contribution in [0, 0.1) is 17.8 Å². The number of hydrogen-bond acceptors (Lipinski definition) is 14. The van der Waals surface area contributed by atoms with Crippen molar-refractivity contribution >= 4 is 138 Å². The summed E-state index contributed by atoms with van der Waals surface area (Å²) in [5.41, 5.74) is 1.17. The number of hydrogen-bond donors (Lipinski definition) is 3. The van der Waals surface area contributed by atoms with E-state index in [4.69, 9.17) is 112 Å². The Kier molecular flexibility index (Phi) is 39.5. The van der Waals surface area contributed by atoms with Crippen LogP contribution in [-0.2, 0) is 23.8 Å². The van der Waals surface area contributed by atoms with Crippen molar-refractivity contribution in [2.24, 2.45) is 17.8 Å². The molecule has 0 saturated heterocycles. The number of aliphatic hydroxyl groups is 2. The Bertz CT molecular complexity index is 3100. The first-order valence-corrected chi connectivity index (χ1v) is 34.2. The summed E-state index contributed by atoms with van der Waals surface area (Å²) in [6.45, 7) is 23.1. The van der Waals surface area contributed by atoms with Crippen molar-refractivity contribution in [1.29, 1.82) is 0 Å². The van der Waals surface area contributed by atoms with Gasteiger partial charge in [-0.2, -0.15) is 8.42 Å². The molecule has 4 aromatic rings. The maximum atomic E-state index is 13.1. The quantitative estimate of drug-likeness (QED) is 0.0191. The lowest BCUT2D eigenvalue weighted by Crippen LogP contribution is -2.43. The number of aliphatic hydroxyl groups excluding tert-OH is 2. The van der Waals surface area contributed by atoms with Crippen molar-refractivity contribution in [3.63, 3.8) is 0 Å². The third-order valence-corrected chi connectivity index (χ3v) is 16.1. The fraction of sp³-hybridized carbons (Fsp3) is 0.508. The van der Waals surface area contributed by atoms with Gasteiger partial charge in [-0.25, -0.2) is 9.59 Å². The summed E-state index contributed by atoms with van der Waals surface area (Å²) in [5, 5.41) is 24.1. The van der Waals surface area contributed by atoms with E-state index in [0.717, 1.165) is 31.9 Å². The van der Waals surface area contributed by atoms with Gasteiger partial charge in [0.1, 0.15) is 11.2 Å². The maximum absolute atomic E-state index is 13.1. The monoisotopic (exact) mass is 1430 g/mol. The number of rotatable bonds is 30. The van der Waals surface area contributed by atoms with Crippen LogP contribution in [0.15, 0.2) is 84.9 Å². The first-order chi connectivity index (χ1) is 42.0. The average molecular weight is 1430 g/mol. The third-order valence-electron chi connectivity index (χ3n) is 12.6. The molecule has 0 bridgehead atoms. The zero-order valence-electron chi connectivity index (χ0n) is 53.1. The van der Waals surface area contributed by atoms with Gasteiger partial charge in [0, 0.05) is 79.3 Å². The van der Waals surface area contributed by atoms with Gasteiger partial charge in [0.25, 0.3) is 10.1 Å². The van der Waals surface area contributed by atoms with Crippen LogP contribution in [0.2, 0.25) is 40.2 Å². The van der Waals surface area contributed by atoms with Gasteiger partial charge in [-0.3, -0.25) is 23.4 Å². The molecule has 0 aliphatic carbocycles. The van der Waals surface area contributed by atoms with E-state index in [0.29, 0.717) is 102 Å².